The Balaban J connectivity index is 1.27. The Hall–Kier alpha value is -1.84. The van der Waals surface area contributed by atoms with Crippen LogP contribution in [0.1, 0.15) is 63.4 Å². The van der Waals surface area contributed by atoms with Gasteiger partial charge in [-0.25, -0.2) is 0 Å². The fraction of sp³-hybridized carbons (Fsp3) is 0.652. The molecule has 0 spiro atoms. The molecule has 1 aromatic rings. The molecule has 0 radical (unpaired) electrons. The van der Waals surface area contributed by atoms with Crippen LogP contribution in [0.15, 0.2) is 30.3 Å². The fourth-order valence-corrected chi connectivity index (χ4v) is 5.38. The van der Waals surface area contributed by atoms with E-state index < -0.39 is 0 Å². The van der Waals surface area contributed by atoms with Crippen molar-refractivity contribution in [3.05, 3.63) is 35.9 Å². The number of benzene rings is 1. The summed E-state index contributed by atoms with van der Waals surface area (Å²) in [6.45, 7) is 3.59. The second-order valence-electron chi connectivity index (χ2n) is 8.62. The van der Waals surface area contributed by atoms with Gasteiger partial charge in [-0.3, -0.25) is 9.59 Å². The van der Waals surface area contributed by atoms with E-state index in [0.29, 0.717) is 11.8 Å². The Morgan fingerprint density at radius 2 is 1.67 bits per heavy atom. The van der Waals surface area contributed by atoms with Gasteiger partial charge in [0.15, 0.2) is 0 Å². The van der Waals surface area contributed by atoms with E-state index >= 15 is 0 Å². The van der Waals surface area contributed by atoms with Crippen LogP contribution in [0.4, 0.5) is 0 Å². The summed E-state index contributed by atoms with van der Waals surface area (Å²) in [6.07, 6.45) is 7.66. The molecule has 1 aliphatic heterocycles. The summed E-state index contributed by atoms with van der Waals surface area (Å²) in [7, 11) is 0. The normalized spacial score (nSPS) is 28.9. The van der Waals surface area contributed by atoms with Crippen molar-refractivity contribution in [1.82, 2.24) is 10.2 Å². The molecule has 0 bridgehead atoms. The maximum absolute atomic E-state index is 13.0. The monoisotopic (exact) mass is 368 g/mol. The molecule has 2 amide bonds. The van der Waals surface area contributed by atoms with Crippen molar-refractivity contribution >= 4 is 11.8 Å². The van der Waals surface area contributed by atoms with Crippen LogP contribution in [-0.2, 0) is 9.59 Å². The largest absolute Gasteiger partial charge is 0.353 e. The number of likely N-dealkylation sites (tertiary alicyclic amines) is 1. The molecular weight excluding hydrogens is 336 g/mol. The van der Waals surface area contributed by atoms with E-state index in [-0.39, 0.29) is 29.7 Å². The predicted octanol–water partition coefficient (Wildman–Crippen LogP) is 3.72. The molecule has 4 atom stereocenters. The van der Waals surface area contributed by atoms with Gasteiger partial charge in [-0.15, -0.1) is 0 Å². The van der Waals surface area contributed by atoms with Crippen LogP contribution in [0.2, 0.25) is 0 Å². The van der Waals surface area contributed by atoms with Gasteiger partial charge in [-0.05, 0) is 49.5 Å². The average molecular weight is 369 g/mol. The van der Waals surface area contributed by atoms with Gasteiger partial charge >= 0.3 is 0 Å². The number of nitrogens with one attached hydrogen (secondary N) is 1. The van der Waals surface area contributed by atoms with Crippen molar-refractivity contribution in [3.8, 4) is 0 Å². The first-order chi connectivity index (χ1) is 13.2. The van der Waals surface area contributed by atoms with Crippen molar-refractivity contribution in [1.29, 1.82) is 0 Å². The highest BCUT2D eigenvalue weighted by Crippen LogP contribution is 2.55. The molecule has 1 N–H and O–H groups in total. The average Bonchev–Trinajstić information content (AvgIpc) is 3.44. The lowest BCUT2D eigenvalue weighted by Crippen LogP contribution is -2.48. The molecule has 2 saturated carbocycles. The second kappa shape index (κ2) is 8.04. The van der Waals surface area contributed by atoms with E-state index in [2.05, 4.69) is 12.2 Å². The SMILES string of the molecule is CC[C@@H](C(=O)N1CCC(NC(=O)C2[C@H]3CCCC[C@@H]23)CC1)c1ccccc1. The van der Waals surface area contributed by atoms with Crippen molar-refractivity contribution in [2.24, 2.45) is 17.8 Å². The van der Waals surface area contributed by atoms with Crippen molar-refractivity contribution in [2.45, 2.75) is 63.8 Å². The molecule has 146 valence electrons. The number of hydrogen-bond acceptors (Lipinski definition) is 2. The Labute approximate surface area is 162 Å². The number of fused-ring (bicyclic) bond motifs is 1. The Kier molecular flexibility index (Phi) is 5.51. The number of rotatable bonds is 5. The van der Waals surface area contributed by atoms with Crippen LogP contribution < -0.4 is 5.32 Å². The molecule has 4 nitrogen and oxygen atoms in total. The van der Waals surface area contributed by atoms with E-state index in [0.717, 1.165) is 37.9 Å². The molecule has 2 aliphatic carbocycles. The summed E-state index contributed by atoms with van der Waals surface area (Å²) >= 11 is 0. The topological polar surface area (TPSA) is 49.4 Å². The molecule has 1 heterocycles. The maximum atomic E-state index is 13.0. The molecule has 3 aliphatic rings. The van der Waals surface area contributed by atoms with Crippen LogP contribution in [0.3, 0.4) is 0 Å². The fourth-order valence-electron chi connectivity index (χ4n) is 5.38. The molecule has 1 unspecified atom stereocenters. The van der Waals surface area contributed by atoms with E-state index in [1.54, 1.807) is 0 Å². The van der Waals surface area contributed by atoms with Crippen LogP contribution in [-0.4, -0.2) is 35.8 Å². The molecule has 4 heteroatoms. The summed E-state index contributed by atoms with van der Waals surface area (Å²) in [5, 5.41) is 3.29. The van der Waals surface area contributed by atoms with Gasteiger partial charge < -0.3 is 10.2 Å². The Morgan fingerprint density at radius 3 is 2.26 bits per heavy atom. The standard InChI is InChI=1S/C23H32N2O2/c1-2-18(16-8-4-3-5-9-16)23(27)25-14-12-17(13-15-25)24-22(26)21-19-10-6-7-11-20(19)21/h3-5,8-9,17-21H,2,6-7,10-15H2,1H3,(H,24,26)/t18-,19-,20+,21?/m1/s1. The maximum Gasteiger partial charge on any atom is 0.230 e. The zero-order valence-electron chi connectivity index (χ0n) is 16.4. The highest BCUT2D eigenvalue weighted by atomic mass is 16.2. The zero-order valence-corrected chi connectivity index (χ0v) is 16.4. The second-order valence-corrected chi connectivity index (χ2v) is 8.62. The van der Waals surface area contributed by atoms with E-state index in [1.807, 2.05) is 35.2 Å². The quantitative estimate of drug-likeness (QED) is 0.861. The van der Waals surface area contributed by atoms with Gasteiger partial charge in [0.05, 0.1) is 5.92 Å². The molecule has 4 rings (SSSR count). The highest BCUT2D eigenvalue weighted by Gasteiger charge is 2.54. The van der Waals surface area contributed by atoms with Crippen molar-refractivity contribution in [2.75, 3.05) is 13.1 Å². The lowest BCUT2D eigenvalue weighted by molar-refractivity contribution is -0.134. The number of amides is 2. The van der Waals surface area contributed by atoms with Gasteiger partial charge in [0, 0.05) is 25.0 Å². The van der Waals surface area contributed by atoms with Gasteiger partial charge in [-0.1, -0.05) is 50.1 Å². The van der Waals surface area contributed by atoms with Gasteiger partial charge in [0.25, 0.3) is 0 Å². The molecule has 0 aromatic heterocycles. The number of carbonyl (C=O) groups is 2. The van der Waals surface area contributed by atoms with Gasteiger partial charge in [0.1, 0.15) is 0 Å². The van der Waals surface area contributed by atoms with Crippen LogP contribution in [0.25, 0.3) is 0 Å². The third-order valence-corrected chi connectivity index (χ3v) is 7.02. The minimum absolute atomic E-state index is 0.0491. The third kappa shape index (κ3) is 3.90. The van der Waals surface area contributed by atoms with Crippen molar-refractivity contribution < 1.29 is 9.59 Å². The first kappa shape index (κ1) is 18.5. The summed E-state index contributed by atoms with van der Waals surface area (Å²) < 4.78 is 0. The number of carbonyl (C=O) groups excluding carboxylic acids is 2. The molecule has 1 saturated heterocycles. The minimum atomic E-state index is -0.0491. The molecule has 1 aromatic carbocycles. The zero-order chi connectivity index (χ0) is 18.8. The first-order valence-electron chi connectivity index (χ1n) is 10.8. The third-order valence-electron chi connectivity index (χ3n) is 7.02. The first-order valence-corrected chi connectivity index (χ1v) is 10.8. The molecular formula is C23H32N2O2. The number of nitrogens with zero attached hydrogens (tertiary/aromatic N) is 1. The van der Waals surface area contributed by atoms with Crippen LogP contribution >= 0.6 is 0 Å². The van der Waals surface area contributed by atoms with E-state index in [9.17, 15) is 9.59 Å². The number of piperidine rings is 1. The molecule has 27 heavy (non-hydrogen) atoms. The lowest BCUT2D eigenvalue weighted by atomic mass is 9.93. The number of hydrogen-bond donors (Lipinski definition) is 1. The summed E-state index contributed by atoms with van der Waals surface area (Å²) in [5.41, 5.74) is 1.11. The minimum Gasteiger partial charge on any atom is -0.353 e. The Bertz CT molecular complexity index is 654. The predicted molar refractivity (Wildman–Crippen MR) is 106 cm³/mol. The van der Waals surface area contributed by atoms with Crippen LogP contribution in [0, 0.1) is 17.8 Å². The highest BCUT2D eigenvalue weighted by molar-refractivity contribution is 5.84. The summed E-state index contributed by atoms with van der Waals surface area (Å²) in [6, 6.07) is 10.3. The van der Waals surface area contributed by atoms with E-state index in [1.165, 1.54) is 25.7 Å². The Morgan fingerprint density at radius 1 is 1.04 bits per heavy atom. The summed E-state index contributed by atoms with van der Waals surface area (Å²) in [4.78, 5) is 27.6. The lowest BCUT2D eigenvalue weighted by Gasteiger charge is -2.34. The van der Waals surface area contributed by atoms with Crippen LogP contribution in [0.5, 0.6) is 0 Å². The molecule has 3 fully saturated rings. The van der Waals surface area contributed by atoms with Crippen molar-refractivity contribution in [3.63, 3.8) is 0 Å². The summed E-state index contributed by atoms with van der Waals surface area (Å²) in [5.74, 6) is 2.09. The smallest absolute Gasteiger partial charge is 0.230 e. The van der Waals surface area contributed by atoms with E-state index in [4.69, 9.17) is 0 Å². The van der Waals surface area contributed by atoms with Gasteiger partial charge in [0.2, 0.25) is 11.8 Å². The van der Waals surface area contributed by atoms with Gasteiger partial charge in [-0.2, -0.15) is 0 Å².